The molecule has 0 aromatic carbocycles. The first kappa shape index (κ1) is 19.8. The summed E-state index contributed by atoms with van der Waals surface area (Å²) in [6, 6.07) is 0. The number of rotatable bonds is 3. The quantitative estimate of drug-likeness (QED) is 0.850. The molecule has 1 N–H and O–H groups in total. The molecule has 4 rings (SSSR count). The molecule has 156 valence electrons. The van der Waals surface area contributed by atoms with Gasteiger partial charge in [0.15, 0.2) is 17.0 Å². The van der Waals surface area contributed by atoms with E-state index in [9.17, 15) is 5.11 Å². The number of hydrogen-bond donors (Lipinski definition) is 1. The van der Waals surface area contributed by atoms with Gasteiger partial charge in [-0.3, -0.25) is 0 Å². The Kier molecular flexibility index (Phi) is 4.45. The zero-order valence-corrected chi connectivity index (χ0v) is 18.0. The molecule has 2 aliphatic heterocycles. The Morgan fingerprint density at radius 2 is 1.79 bits per heavy atom. The maximum absolute atomic E-state index is 10.0. The highest BCUT2D eigenvalue weighted by Crippen LogP contribution is 2.41. The van der Waals surface area contributed by atoms with Gasteiger partial charge >= 0.3 is 0 Å². The van der Waals surface area contributed by atoms with Gasteiger partial charge in [-0.15, -0.1) is 10.2 Å². The Balaban J connectivity index is 1.85. The van der Waals surface area contributed by atoms with Crippen LogP contribution in [0.1, 0.15) is 53.8 Å². The highest BCUT2D eigenvalue weighted by atomic mass is 16.3. The monoisotopic (exact) mass is 399 g/mol. The Labute approximate surface area is 170 Å². The highest BCUT2D eigenvalue weighted by molar-refractivity contribution is 5.84. The van der Waals surface area contributed by atoms with Crippen LogP contribution in [0.3, 0.4) is 0 Å². The van der Waals surface area contributed by atoms with Crippen molar-refractivity contribution < 1.29 is 5.11 Å². The van der Waals surface area contributed by atoms with Gasteiger partial charge in [-0.05, 0) is 16.9 Å². The van der Waals surface area contributed by atoms with Crippen molar-refractivity contribution in [1.29, 1.82) is 0 Å². The van der Waals surface area contributed by atoms with Gasteiger partial charge in [0.1, 0.15) is 5.82 Å². The molecule has 2 aromatic heterocycles. The van der Waals surface area contributed by atoms with Gasteiger partial charge in [-0.25, -0.2) is 15.0 Å². The SMILES string of the molecule is CC(C)(C)c1nc(N2CC[C@H](O)C2)c2ncn(CC3(C(C)(C)C)N=NN=N3)c2n1. The van der Waals surface area contributed by atoms with E-state index in [-0.39, 0.29) is 16.9 Å². The number of fused-ring (bicyclic) bond motifs is 1. The van der Waals surface area contributed by atoms with Crippen LogP contribution in [0.25, 0.3) is 11.2 Å². The predicted molar refractivity (Wildman–Crippen MR) is 109 cm³/mol. The summed E-state index contributed by atoms with van der Waals surface area (Å²) in [7, 11) is 0. The summed E-state index contributed by atoms with van der Waals surface area (Å²) in [6.07, 6.45) is 2.15. The van der Waals surface area contributed by atoms with Crippen molar-refractivity contribution in [2.45, 2.75) is 71.7 Å². The third-order valence-corrected chi connectivity index (χ3v) is 5.63. The van der Waals surface area contributed by atoms with Gasteiger partial charge in [-0.2, -0.15) is 0 Å². The molecule has 0 spiro atoms. The summed E-state index contributed by atoms with van der Waals surface area (Å²) in [4.78, 5) is 16.4. The summed E-state index contributed by atoms with van der Waals surface area (Å²) in [5.41, 5.74) is 0.141. The maximum Gasteiger partial charge on any atom is 0.217 e. The van der Waals surface area contributed by atoms with Crippen molar-refractivity contribution in [1.82, 2.24) is 19.5 Å². The average Bonchev–Trinajstić information content (AvgIpc) is 3.34. The molecule has 29 heavy (non-hydrogen) atoms. The van der Waals surface area contributed by atoms with Crippen LogP contribution >= 0.6 is 0 Å². The third kappa shape index (κ3) is 3.39. The first-order chi connectivity index (χ1) is 13.5. The molecule has 1 atom stereocenters. The van der Waals surface area contributed by atoms with E-state index in [1.54, 1.807) is 6.33 Å². The molecule has 0 radical (unpaired) electrons. The maximum atomic E-state index is 10.0. The normalized spacial score (nSPS) is 21.6. The smallest absolute Gasteiger partial charge is 0.217 e. The molecule has 0 amide bonds. The molecular formula is C19H29N9O. The van der Waals surface area contributed by atoms with Gasteiger partial charge in [0.05, 0.1) is 19.0 Å². The first-order valence-corrected chi connectivity index (χ1v) is 10.0. The lowest BCUT2D eigenvalue weighted by atomic mass is 9.81. The summed E-state index contributed by atoms with van der Waals surface area (Å²) in [5, 5.41) is 26.3. The number of nitrogens with zero attached hydrogens (tertiary/aromatic N) is 9. The lowest BCUT2D eigenvalue weighted by Gasteiger charge is -2.33. The Bertz CT molecular complexity index is 968. The van der Waals surface area contributed by atoms with Crippen LogP contribution in [-0.4, -0.2) is 49.5 Å². The molecule has 0 aliphatic carbocycles. The molecule has 10 heteroatoms. The van der Waals surface area contributed by atoms with Gasteiger partial charge in [-0.1, -0.05) is 41.5 Å². The number of β-amino-alcohol motifs (C(OH)–C–C–N with tert-alkyl or cyclic N) is 1. The minimum absolute atomic E-state index is 0.231. The Morgan fingerprint density at radius 3 is 2.34 bits per heavy atom. The van der Waals surface area contributed by atoms with Gasteiger partial charge in [0.25, 0.3) is 0 Å². The topological polar surface area (TPSA) is 117 Å². The molecule has 0 saturated carbocycles. The number of aliphatic hydroxyl groups is 1. The molecule has 10 nitrogen and oxygen atoms in total. The lowest BCUT2D eigenvalue weighted by Crippen LogP contribution is -2.41. The minimum atomic E-state index is -0.808. The molecule has 2 aromatic rings. The summed E-state index contributed by atoms with van der Waals surface area (Å²) in [5.74, 6) is 1.51. The standard InChI is InChI=1S/C19H29N9O/c1-17(2,3)16-21-14(27-8-7-12(29)9-27)13-15(22-16)28(11-20-13)10-19(18(4,5)6)23-25-26-24-19/h11-12,29H,7-10H2,1-6H3/t12-/m0/s1. The molecule has 2 aliphatic rings. The third-order valence-electron chi connectivity index (χ3n) is 5.63. The fourth-order valence-corrected chi connectivity index (χ4v) is 3.58. The van der Waals surface area contributed by atoms with E-state index in [1.807, 2.05) is 4.57 Å². The van der Waals surface area contributed by atoms with Gasteiger partial charge in [0.2, 0.25) is 5.66 Å². The highest BCUT2D eigenvalue weighted by Gasteiger charge is 2.46. The van der Waals surface area contributed by atoms with E-state index in [1.165, 1.54) is 0 Å². The van der Waals surface area contributed by atoms with E-state index in [4.69, 9.17) is 9.97 Å². The number of anilines is 1. The fourth-order valence-electron chi connectivity index (χ4n) is 3.58. The van der Waals surface area contributed by atoms with Crippen LogP contribution in [0, 0.1) is 5.41 Å². The van der Waals surface area contributed by atoms with Crippen LogP contribution in [0.4, 0.5) is 5.82 Å². The van der Waals surface area contributed by atoms with Gasteiger partial charge < -0.3 is 14.6 Å². The van der Waals surface area contributed by atoms with Crippen LogP contribution < -0.4 is 4.90 Å². The second-order valence-corrected chi connectivity index (χ2v) is 10.00. The van der Waals surface area contributed by atoms with E-state index in [2.05, 4.69) is 72.1 Å². The number of aromatic nitrogens is 4. The molecule has 1 saturated heterocycles. The van der Waals surface area contributed by atoms with E-state index in [0.29, 0.717) is 13.1 Å². The number of imidazole rings is 1. The molecule has 0 unspecified atom stereocenters. The fraction of sp³-hybridized carbons (Fsp3) is 0.737. The van der Waals surface area contributed by atoms with Crippen molar-refractivity contribution in [2.75, 3.05) is 18.0 Å². The van der Waals surface area contributed by atoms with Crippen LogP contribution in [0.2, 0.25) is 0 Å². The Hall–Kier alpha value is -2.49. The molecule has 1 fully saturated rings. The molecule has 4 heterocycles. The average molecular weight is 400 g/mol. The summed E-state index contributed by atoms with van der Waals surface area (Å²) >= 11 is 0. The van der Waals surface area contributed by atoms with Crippen molar-refractivity contribution in [3.63, 3.8) is 0 Å². The van der Waals surface area contributed by atoms with E-state index >= 15 is 0 Å². The summed E-state index contributed by atoms with van der Waals surface area (Å²) in [6.45, 7) is 14.2. The van der Waals surface area contributed by atoms with E-state index in [0.717, 1.165) is 35.8 Å². The number of hydrogen-bond acceptors (Lipinski definition) is 9. The zero-order chi connectivity index (χ0) is 21.0. The van der Waals surface area contributed by atoms with Crippen molar-refractivity contribution in [2.24, 2.45) is 26.1 Å². The molecule has 0 bridgehead atoms. The number of aliphatic hydroxyl groups excluding tert-OH is 1. The molecular weight excluding hydrogens is 370 g/mol. The first-order valence-electron chi connectivity index (χ1n) is 10.0. The van der Waals surface area contributed by atoms with Gasteiger partial charge in [0, 0.05) is 23.9 Å². The second-order valence-electron chi connectivity index (χ2n) is 10.00. The van der Waals surface area contributed by atoms with E-state index < -0.39 is 5.66 Å². The largest absolute Gasteiger partial charge is 0.391 e. The zero-order valence-electron chi connectivity index (χ0n) is 18.0. The van der Waals surface area contributed by atoms with Crippen LogP contribution in [0.15, 0.2) is 27.0 Å². The van der Waals surface area contributed by atoms with Crippen LogP contribution in [-0.2, 0) is 12.0 Å². The minimum Gasteiger partial charge on any atom is -0.391 e. The predicted octanol–water partition coefficient (Wildman–Crippen LogP) is 3.27. The van der Waals surface area contributed by atoms with Crippen molar-refractivity contribution in [3.05, 3.63) is 12.2 Å². The Morgan fingerprint density at radius 1 is 1.10 bits per heavy atom. The van der Waals surface area contributed by atoms with Crippen LogP contribution in [0.5, 0.6) is 0 Å². The lowest BCUT2D eigenvalue weighted by molar-refractivity contribution is 0.171. The summed E-state index contributed by atoms with van der Waals surface area (Å²) < 4.78 is 1.97. The second kappa shape index (κ2) is 6.51. The van der Waals surface area contributed by atoms with Crippen molar-refractivity contribution >= 4 is 17.0 Å². The van der Waals surface area contributed by atoms with Crippen molar-refractivity contribution in [3.8, 4) is 0 Å².